The van der Waals surface area contributed by atoms with Gasteiger partial charge in [-0.2, -0.15) is 10.2 Å². The van der Waals surface area contributed by atoms with Crippen molar-refractivity contribution in [1.82, 2.24) is 15.3 Å². The van der Waals surface area contributed by atoms with Gasteiger partial charge in [-0.15, -0.1) is 6.58 Å². The molecule has 6 atom stereocenters. The number of nitriles is 1. The lowest BCUT2D eigenvalue weighted by Crippen LogP contribution is -2.61. The zero-order valence-corrected chi connectivity index (χ0v) is 21.8. The van der Waals surface area contributed by atoms with E-state index in [4.69, 9.17) is 4.98 Å². The van der Waals surface area contributed by atoms with Crippen LogP contribution in [0.3, 0.4) is 0 Å². The molecule has 4 fully saturated rings. The van der Waals surface area contributed by atoms with Gasteiger partial charge >= 0.3 is 0 Å². The monoisotopic (exact) mass is 484 g/mol. The van der Waals surface area contributed by atoms with Gasteiger partial charge < -0.3 is 16.0 Å². The maximum atomic E-state index is 9.69. The molecule has 4 saturated carbocycles. The lowest BCUT2D eigenvalue weighted by atomic mass is 9.48. The third-order valence-electron chi connectivity index (χ3n) is 9.01. The molecule has 2 aromatic rings. The Kier molecular flexibility index (Phi) is 7.29. The Morgan fingerprint density at radius 3 is 2.67 bits per heavy atom. The van der Waals surface area contributed by atoms with Crippen LogP contribution in [0.2, 0.25) is 0 Å². The molecule has 6 heteroatoms. The summed E-state index contributed by atoms with van der Waals surface area (Å²) in [7, 11) is 0. The quantitative estimate of drug-likeness (QED) is 0.349. The molecule has 4 unspecified atom stereocenters. The van der Waals surface area contributed by atoms with Crippen molar-refractivity contribution in [2.75, 3.05) is 17.2 Å². The number of aromatic nitrogens is 2. The third kappa shape index (κ3) is 5.13. The summed E-state index contributed by atoms with van der Waals surface area (Å²) in [6.45, 7) is 9.89. The Balaban J connectivity index is 1.25. The molecule has 6 nitrogen and oxygen atoms in total. The molecule has 0 saturated heterocycles. The molecule has 0 spiro atoms. The zero-order valence-electron chi connectivity index (χ0n) is 21.8. The van der Waals surface area contributed by atoms with Crippen molar-refractivity contribution in [3.63, 3.8) is 0 Å². The molecule has 0 radical (unpaired) electrons. The predicted molar refractivity (Wildman–Crippen MR) is 146 cm³/mol. The van der Waals surface area contributed by atoms with Gasteiger partial charge in [0.25, 0.3) is 0 Å². The van der Waals surface area contributed by atoms with E-state index in [0.717, 1.165) is 37.1 Å². The van der Waals surface area contributed by atoms with Gasteiger partial charge in [0.05, 0.1) is 6.20 Å². The Morgan fingerprint density at radius 2 is 1.97 bits per heavy atom. The van der Waals surface area contributed by atoms with E-state index in [1.54, 1.807) is 6.20 Å². The van der Waals surface area contributed by atoms with E-state index in [-0.39, 0.29) is 0 Å². The van der Waals surface area contributed by atoms with Crippen LogP contribution in [-0.4, -0.2) is 28.6 Å². The number of aryl methyl sites for hydroxylation is 1. The smallest absolute Gasteiger partial charge is 0.224 e. The van der Waals surface area contributed by atoms with Crippen LogP contribution in [-0.2, 0) is 6.54 Å². The molecule has 4 aliphatic carbocycles. The standard InChI is InChI=1S/C30H40N6/c1-4-8-26(5-2)35-27-23-11-21-12-24(27)15-30(13-21,14-23)19-34-28-25(16-31)18-33-29(36-28)32-17-22-10-7-6-9-20(22)3/h4,6-7,9-10,18,21,23-24,26-27,35H,1,5,8,11-15,17,19H2,2-3H3,(H2,32,33,34,36)/t21?,23-,24+,26?,27?,30?. The average Bonchev–Trinajstić information content (AvgIpc) is 2.88. The Bertz CT molecular complexity index is 1100. The van der Waals surface area contributed by atoms with E-state index < -0.39 is 0 Å². The van der Waals surface area contributed by atoms with Crippen molar-refractivity contribution in [2.24, 2.45) is 23.2 Å². The van der Waals surface area contributed by atoms with Gasteiger partial charge in [0, 0.05) is 25.2 Å². The molecule has 190 valence electrons. The van der Waals surface area contributed by atoms with Crippen LogP contribution in [0.5, 0.6) is 0 Å². The number of anilines is 2. The summed E-state index contributed by atoms with van der Waals surface area (Å²) >= 11 is 0. The minimum absolute atomic E-state index is 0.307. The molecule has 0 amide bonds. The SMILES string of the molecule is C=CCC(CC)NC1[C@@H]2CC3C[C@H]1CC(CNc1nc(NCc4ccccc4C)ncc1C#N)(C3)C2. The number of rotatable bonds is 11. The Labute approximate surface area is 216 Å². The predicted octanol–water partition coefficient (Wildman–Crippen LogP) is 5.82. The second kappa shape index (κ2) is 10.6. The molecule has 4 aliphatic rings. The fourth-order valence-electron chi connectivity index (χ4n) is 7.44. The molecule has 3 N–H and O–H groups in total. The first-order valence-electron chi connectivity index (χ1n) is 13.7. The van der Waals surface area contributed by atoms with Crippen molar-refractivity contribution in [3.8, 4) is 6.07 Å². The normalized spacial score (nSPS) is 28.9. The van der Waals surface area contributed by atoms with Gasteiger partial charge in [-0.3, -0.25) is 0 Å². The molecule has 4 bridgehead atoms. The largest absolute Gasteiger partial charge is 0.368 e. The second-order valence-corrected chi connectivity index (χ2v) is 11.5. The highest BCUT2D eigenvalue weighted by molar-refractivity contribution is 5.53. The first-order chi connectivity index (χ1) is 17.5. The summed E-state index contributed by atoms with van der Waals surface area (Å²) in [6.07, 6.45) is 12.5. The fourth-order valence-corrected chi connectivity index (χ4v) is 7.44. The molecule has 6 rings (SSSR count). The van der Waals surface area contributed by atoms with Gasteiger partial charge in [-0.05, 0) is 86.2 Å². The highest BCUT2D eigenvalue weighted by atomic mass is 15.1. The van der Waals surface area contributed by atoms with Crippen LogP contribution in [0, 0.1) is 41.4 Å². The van der Waals surface area contributed by atoms with E-state index in [0.29, 0.717) is 41.4 Å². The molecule has 0 aliphatic heterocycles. The van der Waals surface area contributed by atoms with Crippen LogP contribution >= 0.6 is 0 Å². The minimum atomic E-state index is 0.307. The summed E-state index contributed by atoms with van der Waals surface area (Å²) < 4.78 is 0. The number of hydrogen-bond donors (Lipinski definition) is 3. The summed E-state index contributed by atoms with van der Waals surface area (Å²) in [4.78, 5) is 9.10. The fraction of sp³-hybridized carbons (Fsp3) is 0.567. The Hall–Kier alpha value is -2.91. The lowest BCUT2D eigenvalue weighted by Gasteiger charge is -2.61. The summed E-state index contributed by atoms with van der Waals surface area (Å²) in [6, 6.07) is 11.8. The van der Waals surface area contributed by atoms with Crippen molar-refractivity contribution in [3.05, 3.63) is 59.8 Å². The molecular weight excluding hydrogens is 444 g/mol. The summed E-state index contributed by atoms with van der Waals surface area (Å²) in [5.74, 6) is 3.56. The van der Waals surface area contributed by atoms with Crippen molar-refractivity contribution >= 4 is 11.8 Å². The third-order valence-corrected chi connectivity index (χ3v) is 9.01. The van der Waals surface area contributed by atoms with Crippen molar-refractivity contribution in [2.45, 2.75) is 77.4 Å². The van der Waals surface area contributed by atoms with Crippen molar-refractivity contribution in [1.29, 1.82) is 5.26 Å². The van der Waals surface area contributed by atoms with Gasteiger partial charge in [-0.1, -0.05) is 37.3 Å². The lowest BCUT2D eigenvalue weighted by molar-refractivity contribution is -0.0720. The average molecular weight is 485 g/mol. The van der Waals surface area contributed by atoms with E-state index in [1.807, 2.05) is 12.1 Å². The molecule has 36 heavy (non-hydrogen) atoms. The molecule has 1 aromatic heterocycles. The highest BCUT2D eigenvalue weighted by Crippen LogP contribution is 2.60. The van der Waals surface area contributed by atoms with Gasteiger partial charge in [0.2, 0.25) is 5.95 Å². The topological polar surface area (TPSA) is 85.7 Å². The number of benzene rings is 1. The zero-order chi connectivity index (χ0) is 25.1. The second-order valence-electron chi connectivity index (χ2n) is 11.5. The van der Waals surface area contributed by atoms with E-state index in [9.17, 15) is 5.26 Å². The number of nitrogens with zero attached hydrogens (tertiary/aromatic N) is 3. The number of nitrogens with one attached hydrogen (secondary N) is 3. The Morgan fingerprint density at radius 1 is 1.19 bits per heavy atom. The summed E-state index contributed by atoms with van der Waals surface area (Å²) in [5, 5.41) is 20.7. The van der Waals surface area contributed by atoms with Crippen LogP contribution in [0.4, 0.5) is 11.8 Å². The molecular formula is C30H40N6. The summed E-state index contributed by atoms with van der Waals surface area (Å²) in [5.41, 5.74) is 3.27. The molecule has 1 aromatic carbocycles. The number of hydrogen-bond acceptors (Lipinski definition) is 6. The highest BCUT2D eigenvalue weighted by Gasteiger charge is 2.55. The van der Waals surface area contributed by atoms with E-state index in [1.165, 1.54) is 43.2 Å². The molecule has 1 heterocycles. The minimum Gasteiger partial charge on any atom is -0.368 e. The van der Waals surface area contributed by atoms with Crippen LogP contribution < -0.4 is 16.0 Å². The first-order valence-corrected chi connectivity index (χ1v) is 13.7. The first kappa shape index (κ1) is 24.8. The van der Waals surface area contributed by atoms with E-state index >= 15 is 0 Å². The van der Waals surface area contributed by atoms with Gasteiger partial charge in [0.15, 0.2) is 0 Å². The maximum Gasteiger partial charge on any atom is 0.224 e. The van der Waals surface area contributed by atoms with Gasteiger partial charge in [-0.25, -0.2) is 4.98 Å². The van der Waals surface area contributed by atoms with Crippen LogP contribution in [0.15, 0.2) is 43.1 Å². The van der Waals surface area contributed by atoms with Crippen molar-refractivity contribution < 1.29 is 0 Å². The van der Waals surface area contributed by atoms with E-state index in [2.05, 4.69) is 65.6 Å². The van der Waals surface area contributed by atoms with Crippen LogP contribution in [0.1, 0.15) is 68.6 Å². The van der Waals surface area contributed by atoms with Gasteiger partial charge in [0.1, 0.15) is 17.5 Å². The van der Waals surface area contributed by atoms with Crippen LogP contribution in [0.25, 0.3) is 0 Å². The maximum absolute atomic E-state index is 9.69.